The number of amides is 1. The highest BCUT2D eigenvalue weighted by Gasteiger charge is 2.17. The van der Waals surface area contributed by atoms with E-state index in [1.807, 2.05) is 19.9 Å². The highest BCUT2D eigenvalue weighted by atomic mass is 35.5. The lowest BCUT2D eigenvalue weighted by molar-refractivity contribution is 0.0933. The summed E-state index contributed by atoms with van der Waals surface area (Å²) in [5.74, 6) is 0.624. The molecule has 0 radical (unpaired) electrons. The maximum absolute atomic E-state index is 12.3. The molecule has 5 heteroatoms. The van der Waals surface area contributed by atoms with E-state index < -0.39 is 0 Å². The van der Waals surface area contributed by atoms with Crippen molar-refractivity contribution < 1.29 is 4.79 Å². The number of nitrogens with zero attached hydrogens (tertiary/aromatic N) is 1. The van der Waals surface area contributed by atoms with Crippen LogP contribution in [0, 0.1) is 6.92 Å². The summed E-state index contributed by atoms with van der Waals surface area (Å²) in [7, 11) is 0. The molecular formula is C14H16ClN3O. The highest BCUT2D eigenvalue weighted by Crippen LogP contribution is 2.18. The second-order valence-electron chi connectivity index (χ2n) is 4.37. The van der Waals surface area contributed by atoms with E-state index in [2.05, 4.69) is 15.3 Å². The first-order valence-electron chi connectivity index (χ1n) is 6.18. The van der Waals surface area contributed by atoms with Crippen LogP contribution in [0.1, 0.15) is 41.1 Å². The number of carbonyl (C=O) groups excluding carboxylic acids is 1. The van der Waals surface area contributed by atoms with Crippen LogP contribution in [0.25, 0.3) is 0 Å². The number of aryl methyl sites for hydroxylation is 1. The van der Waals surface area contributed by atoms with Crippen molar-refractivity contribution in [2.45, 2.75) is 26.3 Å². The van der Waals surface area contributed by atoms with Gasteiger partial charge in [-0.3, -0.25) is 4.79 Å². The summed E-state index contributed by atoms with van der Waals surface area (Å²) in [6.45, 7) is 3.89. The van der Waals surface area contributed by atoms with Crippen molar-refractivity contribution in [1.82, 2.24) is 15.3 Å². The van der Waals surface area contributed by atoms with Gasteiger partial charge in [-0.25, -0.2) is 4.98 Å². The third-order valence-corrected chi connectivity index (χ3v) is 3.24. The molecule has 0 aliphatic carbocycles. The van der Waals surface area contributed by atoms with E-state index in [0.717, 1.165) is 17.8 Å². The first-order valence-corrected chi connectivity index (χ1v) is 6.56. The maximum atomic E-state index is 12.3. The predicted molar refractivity (Wildman–Crippen MR) is 75.3 cm³/mol. The number of imidazole rings is 1. The summed E-state index contributed by atoms with van der Waals surface area (Å²) >= 11 is 5.93. The average Bonchev–Trinajstić information content (AvgIpc) is 2.92. The number of halogens is 1. The molecule has 2 aromatic rings. The summed E-state index contributed by atoms with van der Waals surface area (Å²) in [4.78, 5) is 19.5. The summed E-state index contributed by atoms with van der Waals surface area (Å²) in [6.07, 6.45) is 4.18. The molecule has 0 saturated carbocycles. The normalized spacial score (nSPS) is 12.2. The summed E-state index contributed by atoms with van der Waals surface area (Å²) in [6, 6.07) is 5.17. The van der Waals surface area contributed by atoms with Crippen LogP contribution in [0.4, 0.5) is 0 Å². The Labute approximate surface area is 117 Å². The zero-order valence-corrected chi connectivity index (χ0v) is 11.7. The lowest BCUT2D eigenvalue weighted by Crippen LogP contribution is -2.29. The molecule has 1 unspecified atom stereocenters. The van der Waals surface area contributed by atoms with Gasteiger partial charge in [0, 0.05) is 23.0 Å². The van der Waals surface area contributed by atoms with Gasteiger partial charge in [0.2, 0.25) is 0 Å². The van der Waals surface area contributed by atoms with Crippen LogP contribution >= 0.6 is 11.6 Å². The lowest BCUT2D eigenvalue weighted by atomic mass is 10.1. The van der Waals surface area contributed by atoms with Gasteiger partial charge in [-0.15, -0.1) is 0 Å². The molecule has 1 heterocycles. The monoisotopic (exact) mass is 277 g/mol. The Morgan fingerprint density at radius 1 is 1.53 bits per heavy atom. The zero-order chi connectivity index (χ0) is 13.8. The topological polar surface area (TPSA) is 57.8 Å². The molecule has 0 aliphatic heterocycles. The fraction of sp³-hybridized carbons (Fsp3) is 0.286. The van der Waals surface area contributed by atoms with Crippen LogP contribution in [0.15, 0.2) is 30.6 Å². The van der Waals surface area contributed by atoms with Crippen LogP contribution in [-0.4, -0.2) is 15.9 Å². The van der Waals surface area contributed by atoms with Crippen LogP contribution in [-0.2, 0) is 0 Å². The number of hydrogen-bond acceptors (Lipinski definition) is 2. The molecule has 0 aliphatic rings. The number of aromatic amines is 1. The second kappa shape index (κ2) is 5.89. The summed E-state index contributed by atoms with van der Waals surface area (Å²) in [5.41, 5.74) is 1.49. The van der Waals surface area contributed by atoms with Gasteiger partial charge < -0.3 is 10.3 Å². The van der Waals surface area contributed by atoms with E-state index in [1.165, 1.54) is 0 Å². The number of nitrogens with one attached hydrogen (secondary N) is 2. The van der Waals surface area contributed by atoms with Crippen molar-refractivity contribution in [3.05, 3.63) is 52.6 Å². The van der Waals surface area contributed by atoms with E-state index in [1.54, 1.807) is 24.5 Å². The molecule has 1 amide bonds. The third kappa shape index (κ3) is 3.15. The van der Waals surface area contributed by atoms with Crippen molar-refractivity contribution in [2.24, 2.45) is 0 Å². The van der Waals surface area contributed by atoms with Gasteiger partial charge in [0.25, 0.3) is 5.91 Å². The van der Waals surface area contributed by atoms with Crippen molar-refractivity contribution in [2.75, 3.05) is 0 Å². The fourth-order valence-corrected chi connectivity index (χ4v) is 2.08. The Balaban J connectivity index is 2.18. The predicted octanol–water partition coefficient (Wildman–Crippen LogP) is 3.25. The van der Waals surface area contributed by atoms with Crippen molar-refractivity contribution >= 4 is 17.5 Å². The molecule has 0 bridgehead atoms. The molecular weight excluding hydrogens is 262 g/mol. The van der Waals surface area contributed by atoms with Crippen LogP contribution in [0.3, 0.4) is 0 Å². The standard InChI is InChI=1S/C14H16ClN3O/c1-3-12(13-16-6-7-17-13)18-14(19)11-8-10(15)5-4-9(11)2/h4-8,12H,3H2,1-2H3,(H,16,17)(H,18,19). The quantitative estimate of drug-likeness (QED) is 0.901. The lowest BCUT2D eigenvalue weighted by Gasteiger charge is -2.15. The molecule has 0 fully saturated rings. The van der Waals surface area contributed by atoms with Crippen molar-refractivity contribution in [1.29, 1.82) is 0 Å². The van der Waals surface area contributed by atoms with Crippen LogP contribution < -0.4 is 5.32 Å². The highest BCUT2D eigenvalue weighted by molar-refractivity contribution is 6.31. The van der Waals surface area contributed by atoms with Gasteiger partial charge in [0.15, 0.2) is 0 Å². The molecule has 1 atom stereocenters. The Morgan fingerprint density at radius 2 is 2.32 bits per heavy atom. The molecule has 100 valence electrons. The third-order valence-electron chi connectivity index (χ3n) is 3.01. The van der Waals surface area contributed by atoms with Gasteiger partial charge in [-0.2, -0.15) is 0 Å². The van der Waals surface area contributed by atoms with E-state index in [-0.39, 0.29) is 11.9 Å². The number of carbonyl (C=O) groups is 1. The van der Waals surface area contributed by atoms with Gasteiger partial charge in [0.05, 0.1) is 6.04 Å². The number of benzene rings is 1. The molecule has 0 saturated heterocycles. The number of H-pyrrole nitrogens is 1. The Kier molecular flexibility index (Phi) is 4.22. The van der Waals surface area contributed by atoms with E-state index in [0.29, 0.717) is 10.6 Å². The van der Waals surface area contributed by atoms with Crippen LogP contribution in [0.2, 0.25) is 5.02 Å². The minimum absolute atomic E-state index is 0.124. The van der Waals surface area contributed by atoms with Gasteiger partial charge in [0.1, 0.15) is 5.82 Å². The molecule has 1 aromatic heterocycles. The van der Waals surface area contributed by atoms with Crippen molar-refractivity contribution in [3.8, 4) is 0 Å². The van der Waals surface area contributed by atoms with Gasteiger partial charge in [-0.05, 0) is 31.0 Å². The SMILES string of the molecule is CCC(NC(=O)c1cc(Cl)ccc1C)c1ncc[nH]1. The molecule has 1 aromatic carbocycles. The molecule has 2 N–H and O–H groups in total. The minimum Gasteiger partial charge on any atom is -0.347 e. The fourth-order valence-electron chi connectivity index (χ4n) is 1.91. The number of aromatic nitrogens is 2. The second-order valence-corrected chi connectivity index (χ2v) is 4.80. The Hall–Kier alpha value is -1.81. The zero-order valence-electron chi connectivity index (χ0n) is 10.9. The van der Waals surface area contributed by atoms with Crippen molar-refractivity contribution in [3.63, 3.8) is 0 Å². The van der Waals surface area contributed by atoms with E-state index in [9.17, 15) is 4.79 Å². The Bertz CT molecular complexity index is 566. The van der Waals surface area contributed by atoms with E-state index >= 15 is 0 Å². The van der Waals surface area contributed by atoms with Crippen LogP contribution in [0.5, 0.6) is 0 Å². The first-order chi connectivity index (χ1) is 9.11. The number of rotatable bonds is 4. The smallest absolute Gasteiger partial charge is 0.252 e. The molecule has 0 spiro atoms. The number of hydrogen-bond donors (Lipinski definition) is 2. The minimum atomic E-state index is -0.136. The summed E-state index contributed by atoms with van der Waals surface area (Å²) < 4.78 is 0. The molecule has 19 heavy (non-hydrogen) atoms. The molecule has 4 nitrogen and oxygen atoms in total. The van der Waals surface area contributed by atoms with E-state index in [4.69, 9.17) is 11.6 Å². The maximum Gasteiger partial charge on any atom is 0.252 e. The average molecular weight is 278 g/mol. The molecule has 2 rings (SSSR count). The Morgan fingerprint density at radius 3 is 2.95 bits per heavy atom. The van der Waals surface area contributed by atoms with Gasteiger partial charge >= 0.3 is 0 Å². The summed E-state index contributed by atoms with van der Waals surface area (Å²) in [5, 5.41) is 3.52. The van der Waals surface area contributed by atoms with Gasteiger partial charge in [-0.1, -0.05) is 24.6 Å². The largest absolute Gasteiger partial charge is 0.347 e. The first kappa shape index (κ1) is 13.6.